The lowest BCUT2D eigenvalue weighted by molar-refractivity contribution is -0.461. The number of hydrogen-bond acceptors (Lipinski definition) is 5. The van der Waals surface area contributed by atoms with Crippen molar-refractivity contribution in [3.8, 4) is 0 Å². The van der Waals surface area contributed by atoms with Crippen LogP contribution in [0.25, 0.3) is 0 Å². The summed E-state index contributed by atoms with van der Waals surface area (Å²) < 4.78 is 3.84. The van der Waals surface area contributed by atoms with Crippen LogP contribution in [0.15, 0.2) is 0 Å². The molecule has 42 valence electrons. The molecule has 0 bridgehead atoms. The van der Waals surface area contributed by atoms with Gasteiger partial charge in [0, 0.05) is 0 Å². The second-order valence-electron chi connectivity index (χ2n) is 0.612. The van der Waals surface area contributed by atoms with Crippen molar-refractivity contribution in [3.05, 3.63) is 0 Å². The van der Waals surface area contributed by atoms with Crippen molar-refractivity contribution in [2.24, 2.45) is 0 Å². The maximum absolute atomic E-state index is 9.68. The highest BCUT2D eigenvalue weighted by atomic mass is 17.5. The first-order valence-corrected chi connectivity index (χ1v) is 1.37. The van der Waals surface area contributed by atoms with E-state index in [9.17, 15) is 4.79 Å². The van der Waals surface area contributed by atoms with Crippen LogP contribution in [0.4, 0.5) is 4.79 Å². The minimum absolute atomic E-state index is 1.08. The zero-order chi connectivity index (χ0) is 5.70. The predicted octanol–water partition coefficient (Wildman–Crippen LogP) is 0.174. The molecule has 0 aliphatic carbocycles. The molecule has 0 saturated heterocycles. The Morgan fingerprint density at radius 2 is 2.29 bits per heavy atom. The quantitative estimate of drug-likeness (QED) is 0.294. The van der Waals surface area contributed by atoms with Gasteiger partial charge in [-0.25, -0.2) is 14.9 Å². The van der Waals surface area contributed by atoms with E-state index in [1.165, 1.54) is 0 Å². The van der Waals surface area contributed by atoms with Crippen LogP contribution in [0.2, 0.25) is 0 Å². The van der Waals surface area contributed by atoms with Gasteiger partial charge in [-0.3, -0.25) is 0 Å². The molecule has 5 nitrogen and oxygen atoms in total. The number of carbonyl (C=O) groups excluding carboxylic acids is 1. The smallest absolute Gasteiger partial charge is 0.436 e. The van der Waals surface area contributed by atoms with Gasteiger partial charge in [-0.2, -0.15) is 0 Å². The SMILES string of the molecule is COC(=O)OOO. The molecule has 0 aliphatic rings. The van der Waals surface area contributed by atoms with E-state index < -0.39 is 6.16 Å². The maximum Gasteiger partial charge on any atom is 0.542 e. The van der Waals surface area contributed by atoms with Gasteiger partial charge in [0.25, 0.3) is 0 Å². The van der Waals surface area contributed by atoms with Gasteiger partial charge < -0.3 is 4.74 Å². The van der Waals surface area contributed by atoms with Gasteiger partial charge in [-0.05, 0) is 5.04 Å². The lowest BCUT2D eigenvalue weighted by Gasteiger charge is -1.90. The van der Waals surface area contributed by atoms with Crippen molar-refractivity contribution in [1.82, 2.24) is 0 Å². The van der Waals surface area contributed by atoms with E-state index in [4.69, 9.17) is 5.26 Å². The zero-order valence-corrected chi connectivity index (χ0v) is 3.58. The molecule has 0 amide bonds. The lowest BCUT2D eigenvalue weighted by atomic mass is 11.4. The molecule has 0 spiro atoms. The van der Waals surface area contributed by atoms with Crippen molar-refractivity contribution < 1.29 is 24.7 Å². The summed E-state index contributed by atoms with van der Waals surface area (Å²) in [7, 11) is 1.08. The van der Waals surface area contributed by atoms with Crippen molar-refractivity contribution in [2.75, 3.05) is 7.11 Å². The Morgan fingerprint density at radius 1 is 1.71 bits per heavy atom. The summed E-state index contributed by atoms with van der Waals surface area (Å²) in [5.41, 5.74) is 0. The highest BCUT2D eigenvalue weighted by Gasteiger charge is 1.97. The standard InChI is InChI=1S/C2H4O5/c1-5-2(3)6-7-4/h4H,1H3. The van der Waals surface area contributed by atoms with Crippen LogP contribution in [0, 0.1) is 0 Å². The molecule has 7 heavy (non-hydrogen) atoms. The van der Waals surface area contributed by atoms with Gasteiger partial charge in [0.2, 0.25) is 0 Å². The molecule has 0 rings (SSSR count). The minimum Gasteiger partial charge on any atom is -0.436 e. The number of carbonyl (C=O) groups is 1. The van der Waals surface area contributed by atoms with Gasteiger partial charge in [0.05, 0.1) is 7.11 Å². The van der Waals surface area contributed by atoms with Crippen LogP contribution in [-0.4, -0.2) is 18.5 Å². The largest absolute Gasteiger partial charge is 0.542 e. The van der Waals surface area contributed by atoms with E-state index in [0.717, 1.165) is 7.11 Å². The molecule has 1 N–H and O–H groups in total. The Balaban J connectivity index is 3.00. The van der Waals surface area contributed by atoms with Gasteiger partial charge >= 0.3 is 6.16 Å². The average molecular weight is 108 g/mol. The fraction of sp³-hybridized carbons (Fsp3) is 0.500. The second-order valence-corrected chi connectivity index (χ2v) is 0.612. The monoisotopic (exact) mass is 108 g/mol. The van der Waals surface area contributed by atoms with Crippen LogP contribution in [0.3, 0.4) is 0 Å². The summed E-state index contributed by atoms with van der Waals surface area (Å²) in [6.45, 7) is 0. The third kappa shape index (κ3) is 3.01. The second kappa shape index (κ2) is 3.38. The average Bonchev–Trinajstić information content (AvgIpc) is 1.68. The summed E-state index contributed by atoms with van der Waals surface area (Å²) >= 11 is 0. The highest BCUT2D eigenvalue weighted by Crippen LogP contribution is 1.77. The molecule has 5 heteroatoms. The van der Waals surface area contributed by atoms with Crippen molar-refractivity contribution >= 4 is 6.16 Å². The third-order valence-corrected chi connectivity index (χ3v) is 0.272. The third-order valence-electron chi connectivity index (χ3n) is 0.272. The Kier molecular flexibility index (Phi) is 2.99. The van der Waals surface area contributed by atoms with Gasteiger partial charge in [-0.1, -0.05) is 0 Å². The molecule has 0 radical (unpaired) electrons. The first-order chi connectivity index (χ1) is 3.31. The summed E-state index contributed by atoms with van der Waals surface area (Å²) in [6, 6.07) is 0. The van der Waals surface area contributed by atoms with E-state index in [1.54, 1.807) is 0 Å². The van der Waals surface area contributed by atoms with Crippen LogP contribution < -0.4 is 0 Å². The molecule has 0 atom stereocenters. The summed E-state index contributed by atoms with van der Waals surface area (Å²) in [6.07, 6.45) is -1.09. The van der Waals surface area contributed by atoms with E-state index in [1.807, 2.05) is 0 Å². The molecule has 0 heterocycles. The molecule has 0 saturated carbocycles. The first-order valence-electron chi connectivity index (χ1n) is 1.37. The van der Waals surface area contributed by atoms with Gasteiger partial charge in [-0.15, -0.1) is 0 Å². The fourth-order valence-corrected chi connectivity index (χ4v) is 0.0644. The van der Waals surface area contributed by atoms with E-state index >= 15 is 0 Å². The minimum atomic E-state index is -1.09. The Labute approximate surface area is 39.3 Å². The van der Waals surface area contributed by atoms with E-state index in [0.29, 0.717) is 0 Å². The van der Waals surface area contributed by atoms with Crippen molar-refractivity contribution in [2.45, 2.75) is 0 Å². The van der Waals surface area contributed by atoms with Crippen molar-refractivity contribution in [3.63, 3.8) is 0 Å². The van der Waals surface area contributed by atoms with E-state index in [2.05, 4.69) is 14.7 Å². The zero-order valence-electron chi connectivity index (χ0n) is 3.58. The normalized spacial score (nSPS) is 7.71. The van der Waals surface area contributed by atoms with Gasteiger partial charge in [0.1, 0.15) is 0 Å². The molecule has 0 aliphatic heterocycles. The van der Waals surface area contributed by atoms with E-state index in [-0.39, 0.29) is 0 Å². The molecule has 0 aromatic rings. The van der Waals surface area contributed by atoms with Crippen LogP contribution >= 0.6 is 0 Å². The highest BCUT2D eigenvalue weighted by molar-refractivity contribution is 5.58. The molecule has 0 fully saturated rings. The van der Waals surface area contributed by atoms with Crippen LogP contribution in [-0.2, 0) is 14.7 Å². The summed E-state index contributed by atoms with van der Waals surface area (Å²) in [5, 5.41) is 10.3. The number of methoxy groups -OCH3 is 1. The molecule has 0 aromatic carbocycles. The number of rotatable bonds is 1. The van der Waals surface area contributed by atoms with Gasteiger partial charge in [0.15, 0.2) is 0 Å². The molecular formula is C2H4O5. The van der Waals surface area contributed by atoms with Crippen molar-refractivity contribution in [1.29, 1.82) is 0 Å². The number of ether oxygens (including phenoxy) is 1. The Morgan fingerprint density at radius 3 is 2.43 bits per heavy atom. The molecule has 0 unspecified atom stereocenters. The lowest BCUT2D eigenvalue weighted by Crippen LogP contribution is -2.02. The summed E-state index contributed by atoms with van der Waals surface area (Å²) in [5.74, 6) is 0. The predicted molar refractivity (Wildman–Crippen MR) is 17.2 cm³/mol. The Hall–Kier alpha value is -0.810. The maximum atomic E-state index is 9.68. The fourth-order valence-electron chi connectivity index (χ4n) is 0.0644. The van der Waals surface area contributed by atoms with Crippen LogP contribution in [0.5, 0.6) is 0 Å². The Bertz CT molecular complexity index is 59.1. The first kappa shape index (κ1) is 6.19. The summed E-state index contributed by atoms with van der Waals surface area (Å²) in [4.78, 5) is 13.1. The topological polar surface area (TPSA) is 65.0 Å². The molecule has 0 aromatic heterocycles. The molecular weight excluding hydrogens is 104 g/mol. The van der Waals surface area contributed by atoms with Crippen LogP contribution in [0.1, 0.15) is 0 Å². The number of hydrogen-bond donors (Lipinski definition) is 1.